The zero-order valence-electron chi connectivity index (χ0n) is 15.9. The number of nitrogens with one attached hydrogen (secondary N) is 1. The number of aryl methyl sites for hydroxylation is 2. The number of anilines is 1. The van der Waals surface area contributed by atoms with E-state index in [-0.39, 0.29) is 28.3 Å². The van der Waals surface area contributed by atoms with Gasteiger partial charge in [0.15, 0.2) is 10.7 Å². The maximum absolute atomic E-state index is 13.1. The summed E-state index contributed by atoms with van der Waals surface area (Å²) in [7, 11) is -3.89. The van der Waals surface area contributed by atoms with Gasteiger partial charge in [-0.3, -0.25) is 9.52 Å². The monoisotopic (exact) mass is 405 g/mol. The van der Waals surface area contributed by atoms with Gasteiger partial charge in [0.2, 0.25) is 0 Å². The Kier molecular flexibility index (Phi) is 4.78. The van der Waals surface area contributed by atoms with E-state index in [2.05, 4.69) is 9.88 Å². The number of aromatic nitrogens is 1. The molecule has 3 heterocycles. The molecule has 1 fully saturated rings. The molecule has 0 saturated carbocycles. The predicted octanol–water partition coefficient (Wildman–Crippen LogP) is 2.87. The molecule has 2 aromatic rings. The highest BCUT2D eigenvalue weighted by atomic mass is 32.2. The summed E-state index contributed by atoms with van der Waals surface area (Å²) in [6.45, 7) is 4.37. The average Bonchev–Trinajstić information content (AvgIpc) is 3.00. The van der Waals surface area contributed by atoms with Gasteiger partial charge in [0, 0.05) is 24.7 Å². The van der Waals surface area contributed by atoms with E-state index in [0.717, 1.165) is 32.2 Å². The summed E-state index contributed by atoms with van der Waals surface area (Å²) in [5.74, 6) is 0.582. The van der Waals surface area contributed by atoms with Crippen molar-refractivity contribution in [3.05, 3.63) is 35.2 Å². The second kappa shape index (κ2) is 7.12. The fourth-order valence-electron chi connectivity index (χ4n) is 3.98. The van der Waals surface area contributed by atoms with Gasteiger partial charge in [-0.25, -0.2) is 8.42 Å². The van der Waals surface area contributed by atoms with Gasteiger partial charge >= 0.3 is 0 Å². The second-order valence-corrected chi connectivity index (χ2v) is 8.87. The van der Waals surface area contributed by atoms with Gasteiger partial charge in [-0.15, -0.1) is 0 Å². The lowest BCUT2D eigenvalue weighted by atomic mass is 9.97. The molecule has 2 aliphatic rings. The van der Waals surface area contributed by atoms with Crippen LogP contribution in [0.1, 0.15) is 47.5 Å². The molecule has 1 aromatic heterocycles. The number of carbonyl (C=O) groups excluding carboxylic acids is 1. The van der Waals surface area contributed by atoms with Crippen LogP contribution in [0.3, 0.4) is 0 Å². The van der Waals surface area contributed by atoms with Crippen molar-refractivity contribution >= 4 is 21.6 Å². The molecule has 0 spiro atoms. The number of hydrogen-bond donors (Lipinski definition) is 1. The van der Waals surface area contributed by atoms with Crippen molar-refractivity contribution in [1.29, 1.82) is 0 Å². The van der Waals surface area contributed by atoms with Crippen molar-refractivity contribution < 1.29 is 22.5 Å². The minimum Gasteiger partial charge on any atom is -0.493 e. The predicted molar refractivity (Wildman–Crippen MR) is 102 cm³/mol. The summed E-state index contributed by atoms with van der Waals surface area (Å²) < 4.78 is 38.8. The molecular weight excluding hydrogens is 382 g/mol. The SMILES string of the molecule is Cc1noc(C)c1S(=O)(=O)Nc1ccc2c(c1)C(=O)N1CCCC[C@@H]1CCO2. The van der Waals surface area contributed by atoms with Crippen LogP contribution in [-0.4, -0.2) is 43.6 Å². The quantitative estimate of drug-likeness (QED) is 0.842. The zero-order valence-corrected chi connectivity index (χ0v) is 16.7. The minimum atomic E-state index is -3.89. The van der Waals surface area contributed by atoms with E-state index >= 15 is 0 Å². The molecule has 0 radical (unpaired) electrons. The highest BCUT2D eigenvalue weighted by Gasteiger charge is 2.32. The molecule has 2 aliphatic heterocycles. The van der Waals surface area contributed by atoms with Crippen molar-refractivity contribution in [2.24, 2.45) is 0 Å². The van der Waals surface area contributed by atoms with Crippen LogP contribution in [-0.2, 0) is 10.0 Å². The van der Waals surface area contributed by atoms with Gasteiger partial charge in [-0.1, -0.05) is 5.16 Å². The van der Waals surface area contributed by atoms with Crippen LogP contribution in [0.4, 0.5) is 5.69 Å². The largest absolute Gasteiger partial charge is 0.493 e. The molecule has 1 N–H and O–H groups in total. The fourth-order valence-corrected chi connectivity index (χ4v) is 5.36. The number of rotatable bonds is 3. The average molecular weight is 405 g/mol. The zero-order chi connectivity index (χ0) is 19.9. The van der Waals surface area contributed by atoms with Gasteiger partial charge < -0.3 is 14.2 Å². The van der Waals surface area contributed by atoms with Crippen LogP contribution in [0.2, 0.25) is 0 Å². The van der Waals surface area contributed by atoms with E-state index in [4.69, 9.17) is 9.26 Å². The third kappa shape index (κ3) is 3.34. The van der Waals surface area contributed by atoms with Crippen LogP contribution < -0.4 is 9.46 Å². The Bertz CT molecular complexity index is 995. The topological polar surface area (TPSA) is 102 Å². The normalized spacial score (nSPS) is 19.9. The first-order chi connectivity index (χ1) is 13.4. The number of benzene rings is 1. The van der Waals surface area contributed by atoms with Gasteiger partial charge in [0.25, 0.3) is 15.9 Å². The lowest BCUT2D eigenvalue weighted by Crippen LogP contribution is -2.45. The summed E-state index contributed by atoms with van der Waals surface area (Å²) in [5.41, 5.74) is 0.960. The number of hydrogen-bond acceptors (Lipinski definition) is 6. The Morgan fingerprint density at radius 2 is 2.04 bits per heavy atom. The number of nitrogens with zero attached hydrogens (tertiary/aromatic N) is 2. The maximum Gasteiger partial charge on any atom is 0.267 e. The molecular formula is C19H23N3O5S. The summed E-state index contributed by atoms with van der Waals surface area (Å²) in [6, 6.07) is 4.96. The number of carbonyl (C=O) groups is 1. The van der Waals surface area contributed by atoms with E-state index in [1.54, 1.807) is 32.0 Å². The van der Waals surface area contributed by atoms with Crippen molar-refractivity contribution in [3.8, 4) is 5.75 Å². The van der Waals surface area contributed by atoms with Gasteiger partial charge in [0.1, 0.15) is 11.4 Å². The Balaban J connectivity index is 1.67. The van der Waals surface area contributed by atoms with Crippen LogP contribution in [0.25, 0.3) is 0 Å². The first kappa shape index (κ1) is 18.8. The Labute approximate surface area is 163 Å². The standard InChI is InChI=1S/C19H23N3O5S/c1-12-18(13(2)27-20-12)28(24,25)21-14-6-7-17-16(11-14)19(23)22-9-4-3-5-15(22)8-10-26-17/h6-7,11,15,21H,3-5,8-10H2,1-2H3/t15-/m1/s1. The molecule has 0 bridgehead atoms. The van der Waals surface area contributed by atoms with E-state index in [9.17, 15) is 13.2 Å². The summed E-state index contributed by atoms with van der Waals surface area (Å²) in [4.78, 5) is 15.0. The summed E-state index contributed by atoms with van der Waals surface area (Å²) in [6.07, 6.45) is 3.88. The minimum absolute atomic E-state index is 0.0120. The molecule has 4 rings (SSSR count). The Morgan fingerprint density at radius 1 is 1.21 bits per heavy atom. The fraction of sp³-hybridized carbons (Fsp3) is 0.474. The number of fused-ring (bicyclic) bond motifs is 2. The summed E-state index contributed by atoms with van der Waals surface area (Å²) >= 11 is 0. The Hall–Kier alpha value is -2.55. The number of ether oxygens (including phenoxy) is 1. The first-order valence-electron chi connectivity index (χ1n) is 9.40. The molecule has 0 aliphatic carbocycles. The molecule has 28 heavy (non-hydrogen) atoms. The van der Waals surface area contributed by atoms with E-state index in [0.29, 0.717) is 23.6 Å². The molecule has 8 nitrogen and oxygen atoms in total. The second-order valence-electron chi connectivity index (χ2n) is 7.26. The molecule has 1 aromatic carbocycles. The molecule has 1 saturated heterocycles. The molecule has 1 atom stereocenters. The van der Waals surface area contributed by atoms with Crippen LogP contribution in [0.5, 0.6) is 5.75 Å². The third-order valence-corrected chi connectivity index (χ3v) is 6.92. The molecule has 1 amide bonds. The molecule has 150 valence electrons. The maximum atomic E-state index is 13.1. The van der Waals surface area contributed by atoms with E-state index in [1.165, 1.54) is 0 Å². The number of sulfonamides is 1. The number of piperidine rings is 1. The van der Waals surface area contributed by atoms with Crippen LogP contribution in [0.15, 0.2) is 27.6 Å². The van der Waals surface area contributed by atoms with Gasteiger partial charge in [0.05, 0.1) is 12.2 Å². The lowest BCUT2D eigenvalue weighted by molar-refractivity contribution is 0.0548. The molecule has 0 unspecified atom stereocenters. The van der Waals surface area contributed by atoms with Crippen molar-refractivity contribution in [2.75, 3.05) is 17.9 Å². The first-order valence-corrected chi connectivity index (χ1v) is 10.9. The highest BCUT2D eigenvalue weighted by molar-refractivity contribution is 7.92. The lowest BCUT2D eigenvalue weighted by Gasteiger charge is -2.37. The van der Waals surface area contributed by atoms with Crippen molar-refractivity contribution in [2.45, 2.75) is 50.5 Å². The van der Waals surface area contributed by atoms with Gasteiger partial charge in [-0.2, -0.15) is 0 Å². The summed E-state index contributed by atoms with van der Waals surface area (Å²) in [5, 5.41) is 3.70. The third-order valence-electron chi connectivity index (χ3n) is 5.30. The van der Waals surface area contributed by atoms with E-state index < -0.39 is 10.0 Å². The smallest absolute Gasteiger partial charge is 0.267 e. The number of amides is 1. The van der Waals surface area contributed by atoms with Crippen LogP contribution >= 0.6 is 0 Å². The van der Waals surface area contributed by atoms with Crippen molar-refractivity contribution in [3.63, 3.8) is 0 Å². The van der Waals surface area contributed by atoms with Gasteiger partial charge in [-0.05, 0) is 51.3 Å². The Morgan fingerprint density at radius 3 is 2.79 bits per heavy atom. The van der Waals surface area contributed by atoms with E-state index in [1.807, 2.05) is 4.90 Å². The van der Waals surface area contributed by atoms with Crippen molar-refractivity contribution in [1.82, 2.24) is 10.1 Å². The van der Waals surface area contributed by atoms with Crippen LogP contribution in [0, 0.1) is 13.8 Å². The highest BCUT2D eigenvalue weighted by Crippen LogP contribution is 2.32. The molecule has 9 heteroatoms.